The van der Waals surface area contributed by atoms with Crippen molar-refractivity contribution in [3.05, 3.63) is 57.6 Å². The first-order valence-electron chi connectivity index (χ1n) is 11.9. The van der Waals surface area contributed by atoms with Gasteiger partial charge in [-0.05, 0) is 31.0 Å². The van der Waals surface area contributed by atoms with E-state index in [4.69, 9.17) is 15.2 Å². The molecule has 0 unspecified atom stereocenters. The normalized spacial score (nSPS) is 33.6. The molecule has 0 aromatic heterocycles. The Morgan fingerprint density at radius 3 is 2.50 bits per heavy atom. The Balaban J connectivity index is 1.64. The number of rotatable bonds is 3. The van der Waals surface area contributed by atoms with Gasteiger partial charge in [-0.2, -0.15) is 0 Å². The Morgan fingerprint density at radius 2 is 1.83 bits per heavy atom. The maximum absolute atomic E-state index is 13.4. The van der Waals surface area contributed by atoms with Gasteiger partial charge in [-0.15, -0.1) is 0 Å². The van der Waals surface area contributed by atoms with Crippen LogP contribution in [0.3, 0.4) is 0 Å². The molecule has 0 amide bonds. The van der Waals surface area contributed by atoms with Crippen LogP contribution in [0.25, 0.3) is 0 Å². The fraction of sp³-hybridized carbons (Fsp3) is 0.462. The molecule has 10 heteroatoms. The molecule has 0 radical (unpaired) electrons. The lowest BCUT2D eigenvalue weighted by atomic mass is 9.71. The van der Waals surface area contributed by atoms with Gasteiger partial charge in [0.25, 0.3) is 0 Å². The van der Waals surface area contributed by atoms with Gasteiger partial charge in [0.2, 0.25) is 0 Å². The van der Waals surface area contributed by atoms with Crippen LogP contribution in [0, 0.1) is 0 Å². The first-order chi connectivity index (χ1) is 17.0. The SMILES string of the molecule is CC[C@@]1(O)C[C@H](O[C@H]2C[C@@H](N)[C@@H](O)[C@@H](C)O2)c2cc3c(c(O)c2[C@H]1O)C(=O)c1cccc(O)c1C3=O. The monoisotopic (exact) mass is 499 g/mol. The highest BCUT2D eigenvalue weighted by Crippen LogP contribution is 2.52. The zero-order valence-corrected chi connectivity index (χ0v) is 19.8. The second-order valence-corrected chi connectivity index (χ2v) is 9.86. The number of phenols is 2. The van der Waals surface area contributed by atoms with Crippen LogP contribution < -0.4 is 5.73 Å². The molecule has 7 atom stereocenters. The predicted octanol–water partition coefficient (Wildman–Crippen LogP) is 1.33. The topological polar surface area (TPSA) is 180 Å². The molecular formula is C26H29NO9. The first kappa shape index (κ1) is 24.8. The van der Waals surface area contributed by atoms with E-state index in [2.05, 4.69) is 0 Å². The third-order valence-electron chi connectivity index (χ3n) is 7.71. The number of carbonyl (C=O) groups excluding carboxylic acids is 2. The van der Waals surface area contributed by atoms with Crippen LogP contribution in [0.2, 0.25) is 0 Å². The van der Waals surface area contributed by atoms with Gasteiger partial charge < -0.3 is 40.7 Å². The van der Waals surface area contributed by atoms with E-state index in [1.807, 2.05) is 0 Å². The summed E-state index contributed by atoms with van der Waals surface area (Å²) in [5.74, 6) is -2.32. The number of hydrogen-bond donors (Lipinski definition) is 6. The summed E-state index contributed by atoms with van der Waals surface area (Å²) in [6.45, 7) is 3.32. The van der Waals surface area contributed by atoms with E-state index in [1.54, 1.807) is 13.8 Å². The summed E-state index contributed by atoms with van der Waals surface area (Å²) < 4.78 is 11.9. The van der Waals surface area contributed by atoms with Gasteiger partial charge >= 0.3 is 0 Å². The lowest BCUT2D eigenvalue weighted by molar-refractivity contribution is -0.252. The van der Waals surface area contributed by atoms with Crippen molar-refractivity contribution < 1.29 is 44.6 Å². The van der Waals surface area contributed by atoms with Crippen molar-refractivity contribution in [2.75, 3.05) is 0 Å². The second kappa shape index (κ2) is 8.62. The van der Waals surface area contributed by atoms with Crippen LogP contribution in [0.1, 0.15) is 88.3 Å². The van der Waals surface area contributed by atoms with Crippen molar-refractivity contribution in [2.45, 2.75) is 75.5 Å². The number of phenolic OH excluding ortho intramolecular Hbond substituents is 2. The van der Waals surface area contributed by atoms with Crippen molar-refractivity contribution in [1.82, 2.24) is 0 Å². The van der Waals surface area contributed by atoms with Gasteiger partial charge in [-0.25, -0.2) is 0 Å². The summed E-state index contributed by atoms with van der Waals surface area (Å²) >= 11 is 0. The number of aliphatic hydroxyl groups excluding tert-OH is 2. The molecular weight excluding hydrogens is 470 g/mol. The molecule has 10 nitrogen and oxygen atoms in total. The maximum atomic E-state index is 13.4. The Morgan fingerprint density at radius 1 is 1.14 bits per heavy atom. The van der Waals surface area contributed by atoms with E-state index in [0.717, 1.165) is 0 Å². The Labute approximate surface area is 206 Å². The van der Waals surface area contributed by atoms with Gasteiger partial charge in [-0.1, -0.05) is 19.1 Å². The largest absolute Gasteiger partial charge is 0.507 e. The predicted molar refractivity (Wildman–Crippen MR) is 125 cm³/mol. The van der Waals surface area contributed by atoms with Crippen LogP contribution in [0.15, 0.2) is 24.3 Å². The number of aliphatic hydroxyl groups is 3. The minimum atomic E-state index is -1.71. The van der Waals surface area contributed by atoms with Crippen molar-refractivity contribution in [1.29, 1.82) is 0 Å². The summed E-state index contributed by atoms with van der Waals surface area (Å²) in [5, 5.41) is 54.0. The van der Waals surface area contributed by atoms with E-state index in [-0.39, 0.29) is 58.4 Å². The van der Waals surface area contributed by atoms with E-state index >= 15 is 0 Å². The lowest BCUT2D eigenvalue weighted by Gasteiger charge is -2.44. The molecule has 1 heterocycles. The zero-order chi connectivity index (χ0) is 26.1. The smallest absolute Gasteiger partial charge is 0.198 e. The molecule has 2 aliphatic carbocycles. The van der Waals surface area contributed by atoms with Crippen LogP contribution in [0.4, 0.5) is 0 Å². The average molecular weight is 500 g/mol. The van der Waals surface area contributed by atoms with E-state index in [1.165, 1.54) is 24.3 Å². The highest BCUT2D eigenvalue weighted by molar-refractivity contribution is 6.30. The van der Waals surface area contributed by atoms with Crippen molar-refractivity contribution >= 4 is 11.6 Å². The number of fused-ring (bicyclic) bond motifs is 3. The third kappa shape index (κ3) is 3.56. The van der Waals surface area contributed by atoms with Crippen molar-refractivity contribution in [3.63, 3.8) is 0 Å². The fourth-order valence-electron chi connectivity index (χ4n) is 5.53. The summed E-state index contributed by atoms with van der Waals surface area (Å²) in [4.78, 5) is 26.6. The maximum Gasteiger partial charge on any atom is 0.198 e. The van der Waals surface area contributed by atoms with Crippen molar-refractivity contribution in [3.8, 4) is 11.5 Å². The standard InChI is InChI=1S/C26H29NO9/c1-3-26(34)9-16(36-17-8-14(27)21(29)10(2)35-17)12-7-13-19(24(32)20(12)25(26)33)22(30)11-5-4-6-15(28)18(11)23(13)31/h4-7,10,14,16-17,21,25,28-29,32-34H,3,8-9,27H2,1-2H3/t10-,14-,16+,17+,21+,25-,26-/m1/s1. The highest BCUT2D eigenvalue weighted by Gasteiger charge is 2.49. The van der Waals surface area contributed by atoms with Gasteiger partial charge in [-0.3, -0.25) is 9.59 Å². The van der Waals surface area contributed by atoms with Gasteiger partial charge in [0, 0.05) is 35.6 Å². The minimum Gasteiger partial charge on any atom is -0.507 e. The molecule has 2 aromatic rings. The molecule has 1 saturated heterocycles. The molecule has 2 aromatic carbocycles. The molecule has 0 bridgehead atoms. The van der Waals surface area contributed by atoms with Crippen LogP contribution in [-0.4, -0.2) is 67.2 Å². The summed E-state index contributed by atoms with van der Waals surface area (Å²) in [7, 11) is 0. The molecule has 0 spiro atoms. The van der Waals surface area contributed by atoms with Gasteiger partial charge in [0.1, 0.15) is 17.6 Å². The van der Waals surface area contributed by atoms with E-state index in [0.29, 0.717) is 0 Å². The van der Waals surface area contributed by atoms with Crippen LogP contribution in [-0.2, 0) is 9.47 Å². The van der Waals surface area contributed by atoms with Crippen LogP contribution in [0.5, 0.6) is 11.5 Å². The van der Waals surface area contributed by atoms with Crippen molar-refractivity contribution in [2.24, 2.45) is 5.73 Å². The molecule has 1 aliphatic heterocycles. The zero-order valence-electron chi connectivity index (χ0n) is 19.8. The number of ether oxygens (including phenoxy) is 2. The van der Waals surface area contributed by atoms with E-state index in [9.17, 15) is 35.1 Å². The molecule has 5 rings (SSSR count). The van der Waals surface area contributed by atoms with Crippen LogP contribution >= 0.6 is 0 Å². The molecule has 36 heavy (non-hydrogen) atoms. The highest BCUT2D eigenvalue weighted by atomic mass is 16.7. The van der Waals surface area contributed by atoms with Gasteiger partial charge in [0.05, 0.1) is 35.0 Å². The number of aromatic hydroxyl groups is 2. The Hall–Kier alpha value is -2.86. The Bertz CT molecular complexity index is 1250. The second-order valence-electron chi connectivity index (χ2n) is 9.86. The summed E-state index contributed by atoms with van der Waals surface area (Å²) in [6.07, 6.45) is -4.71. The average Bonchev–Trinajstić information content (AvgIpc) is 2.83. The molecule has 1 fully saturated rings. The number of carbonyl (C=O) groups is 2. The number of hydrogen-bond acceptors (Lipinski definition) is 10. The minimum absolute atomic E-state index is 0.0660. The first-order valence-corrected chi connectivity index (χ1v) is 11.9. The Kier molecular flexibility index (Phi) is 5.94. The van der Waals surface area contributed by atoms with E-state index < -0.39 is 59.7 Å². The molecule has 192 valence electrons. The summed E-state index contributed by atoms with van der Waals surface area (Å²) in [5.41, 5.74) is 3.75. The molecule has 3 aliphatic rings. The number of nitrogens with two attached hydrogens (primary N) is 1. The molecule has 0 saturated carbocycles. The quantitative estimate of drug-likeness (QED) is 0.308. The van der Waals surface area contributed by atoms with Gasteiger partial charge in [0.15, 0.2) is 17.9 Å². The fourth-order valence-corrected chi connectivity index (χ4v) is 5.53. The summed E-state index contributed by atoms with van der Waals surface area (Å²) in [6, 6.07) is 4.84. The third-order valence-corrected chi connectivity index (χ3v) is 7.71. The lowest BCUT2D eigenvalue weighted by Crippen LogP contribution is -2.52. The molecule has 7 N–H and O–H groups in total. The number of ketones is 2. The number of benzene rings is 2.